The number of hydrogen-bond donors (Lipinski definition) is 16. The molecule has 8 aromatic carbocycles. The summed E-state index contributed by atoms with van der Waals surface area (Å²) in [4.78, 5) is 15.6. The fraction of sp³-hybridized carbons (Fsp3) is 0.250. The number of nitrogens with zero attached hydrogens (tertiary/aromatic N) is 8. The molecule has 26 heteroatoms. The SMILES string of the molecule is CC#N.CC#N.CC#N.CC#N.CC1c2cc(c(O)cc2O)C(C)c2cc(c(O)cc2O)C(C)c2cc(c(O)cc2O)C(C)c2cc1c(O)cc2O.CC1c2cc(c(O)cc2O)C(C)c2cc(c(O)cc2O)C(C)c2cc(c(O)cc2O)C(C)c2cc1c(O)cc2O.O.O.c1ncc(-c2cncnc2)cn1. The molecule has 0 saturated carbocycles. The van der Waals surface area contributed by atoms with Crippen molar-refractivity contribution in [2.45, 2.75) is 130 Å². The molecule has 0 saturated heterocycles. The van der Waals surface area contributed by atoms with E-state index in [1.807, 2.05) is 0 Å². The van der Waals surface area contributed by atoms with Crippen LogP contribution in [0.3, 0.4) is 0 Å². The molecule has 106 heavy (non-hydrogen) atoms. The number of aromatic nitrogens is 4. The van der Waals surface area contributed by atoms with Crippen LogP contribution in [0.4, 0.5) is 0 Å². The Bertz CT molecular complexity index is 3910. The van der Waals surface area contributed by atoms with Crippen molar-refractivity contribution in [1.82, 2.24) is 19.9 Å². The van der Waals surface area contributed by atoms with E-state index in [-0.39, 0.29) is 103 Å². The second-order valence-electron chi connectivity index (χ2n) is 24.7. The number of aromatic hydroxyl groups is 16. The van der Waals surface area contributed by atoms with E-state index >= 15 is 0 Å². The molecule has 0 spiro atoms. The number of fused-ring (bicyclic) bond motifs is 16. The summed E-state index contributed by atoms with van der Waals surface area (Å²) in [5.74, 6) is -7.98. The first-order valence-electron chi connectivity index (χ1n) is 32.4. The first kappa shape index (κ1) is 85.0. The molecule has 554 valence electrons. The summed E-state index contributed by atoms with van der Waals surface area (Å²) >= 11 is 0. The molecule has 2 aliphatic rings. The molecule has 12 rings (SSSR count). The molecule has 16 bridgehead atoms. The summed E-state index contributed by atoms with van der Waals surface area (Å²) in [7, 11) is 0. The van der Waals surface area contributed by atoms with Crippen molar-refractivity contribution in [1.29, 1.82) is 21.0 Å². The van der Waals surface area contributed by atoms with Gasteiger partial charge in [-0.3, -0.25) is 0 Å². The van der Waals surface area contributed by atoms with E-state index in [1.54, 1.807) is 153 Å². The number of rotatable bonds is 1. The normalized spacial score (nSPS) is 16.7. The van der Waals surface area contributed by atoms with Crippen molar-refractivity contribution in [3.63, 3.8) is 0 Å². The second-order valence-corrected chi connectivity index (χ2v) is 24.7. The Morgan fingerprint density at radius 3 is 0.377 bits per heavy atom. The van der Waals surface area contributed by atoms with Gasteiger partial charge < -0.3 is 92.7 Å². The maximum atomic E-state index is 10.8. The molecule has 2 heterocycles. The highest BCUT2D eigenvalue weighted by molar-refractivity contribution is 5.65. The third kappa shape index (κ3) is 18.4. The van der Waals surface area contributed by atoms with Crippen LogP contribution in [0.5, 0.6) is 92.0 Å². The quantitative estimate of drug-likeness (QED) is 0.0726. The maximum Gasteiger partial charge on any atom is 0.123 e. The molecule has 2 aliphatic carbocycles. The molecule has 0 atom stereocenters. The second kappa shape index (κ2) is 37.0. The van der Waals surface area contributed by atoms with Gasteiger partial charge in [0, 0.05) is 248 Å². The third-order valence-electron chi connectivity index (χ3n) is 18.3. The zero-order valence-electron chi connectivity index (χ0n) is 60.1. The van der Waals surface area contributed by atoms with E-state index in [4.69, 9.17) is 21.0 Å². The molecule has 0 amide bonds. The average molecular weight is 1450 g/mol. The minimum absolute atomic E-state index is 0. The van der Waals surface area contributed by atoms with Crippen LogP contribution < -0.4 is 0 Å². The van der Waals surface area contributed by atoms with Crippen LogP contribution in [0.15, 0.2) is 135 Å². The molecule has 20 N–H and O–H groups in total. The van der Waals surface area contributed by atoms with E-state index in [9.17, 15) is 81.7 Å². The summed E-state index contributed by atoms with van der Waals surface area (Å²) in [5.41, 5.74) is 8.20. The van der Waals surface area contributed by atoms with E-state index in [0.717, 1.165) is 11.1 Å². The molecular weight excluding hydrogens is 1360 g/mol. The van der Waals surface area contributed by atoms with E-state index in [1.165, 1.54) is 88.9 Å². The van der Waals surface area contributed by atoms with Crippen molar-refractivity contribution < 1.29 is 92.7 Å². The van der Waals surface area contributed by atoms with Crippen LogP contribution in [0.25, 0.3) is 11.1 Å². The number of nitriles is 4. The first-order valence-corrected chi connectivity index (χ1v) is 32.4. The van der Waals surface area contributed by atoms with Gasteiger partial charge in [0.25, 0.3) is 0 Å². The highest BCUT2D eigenvalue weighted by atomic mass is 16.3. The van der Waals surface area contributed by atoms with Crippen molar-refractivity contribution in [3.8, 4) is 127 Å². The minimum Gasteiger partial charge on any atom is -0.508 e. The zero-order valence-corrected chi connectivity index (χ0v) is 60.1. The lowest BCUT2D eigenvalue weighted by Gasteiger charge is -2.25. The fourth-order valence-corrected chi connectivity index (χ4v) is 12.7. The Hall–Kier alpha value is -13.4. The summed E-state index contributed by atoms with van der Waals surface area (Å²) < 4.78 is 0. The van der Waals surface area contributed by atoms with Crippen LogP contribution in [0, 0.1) is 45.3 Å². The summed E-state index contributed by atoms with van der Waals surface area (Å²) in [5, 5.41) is 202. The van der Waals surface area contributed by atoms with E-state index in [2.05, 4.69) is 19.9 Å². The Balaban J connectivity index is 0.000000338. The number of benzene rings is 8. The van der Waals surface area contributed by atoms with Gasteiger partial charge in [-0.2, -0.15) is 21.0 Å². The lowest BCUT2D eigenvalue weighted by Crippen LogP contribution is -2.07. The smallest absolute Gasteiger partial charge is 0.123 e. The van der Waals surface area contributed by atoms with Crippen LogP contribution in [-0.4, -0.2) is 113 Å². The predicted octanol–water partition coefficient (Wildman–Crippen LogP) is 13.9. The largest absolute Gasteiger partial charge is 0.508 e. The molecule has 2 aromatic heterocycles. The Labute approximate surface area is 612 Å². The Morgan fingerprint density at radius 1 is 0.208 bits per heavy atom. The van der Waals surface area contributed by atoms with Gasteiger partial charge in [-0.15, -0.1) is 0 Å². The van der Waals surface area contributed by atoms with Gasteiger partial charge in [-0.05, 0) is 48.5 Å². The van der Waals surface area contributed by atoms with Crippen molar-refractivity contribution in [2.24, 2.45) is 0 Å². The predicted molar refractivity (Wildman–Crippen MR) is 394 cm³/mol. The topological polar surface area (TPSA) is 533 Å². The highest BCUT2D eigenvalue weighted by Crippen LogP contribution is 2.53. The van der Waals surface area contributed by atoms with Crippen molar-refractivity contribution in [3.05, 3.63) is 224 Å². The van der Waals surface area contributed by atoms with Crippen molar-refractivity contribution in [2.75, 3.05) is 0 Å². The van der Waals surface area contributed by atoms with Crippen LogP contribution in [0.2, 0.25) is 0 Å². The van der Waals surface area contributed by atoms with Gasteiger partial charge in [-0.25, -0.2) is 19.9 Å². The van der Waals surface area contributed by atoms with Gasteiger partial charge in [0.1, 0.15) is 105 Å². The standard InChI is InChI=1S/2C32H32O8.C8H6N4.4C2H3N.2H2O/c2*1-13-17-5-19(27(35)9-25(17)33)14(2)21-7-23(31(39)11-29(21)37)16(4)24-8-22(30(38)12-32(24)40)15(3)20-6-18(13)26(34)10-28(20)36;1-7(2-10-5-9-1)8-3-11-6-12-4-8;4*1-2-3;;/h2*5-16,33-40H,1-4H3;1-6H;4*1H3;2*1H2. The zero-order chi connectivity index (χ0) is 77.5. The van der Waals surface area contributed by atoms with Gasteiger partial charge in [0.2, 0.25) is 0 Å². The molecular formula is C80H86N8O18. The summed E-state index contributed by atoms with van der Waals surface area (Å²) in [6.45, 7) is 19.8. The minimum atomic E-state index is -0.598. The van der Waals surface area contributed by atoms with Gasteiger partial charge >= 0.3 is 0 Å². The maximum absolute atomic E-state index is 10.8. The van der Waals surface area contributed by atoms with Crippen LogP contribution in [0.1, 0.15) is 219 Å². The van der Waals surface area contributed by atoms with Gasteiger partial charge in [0.15, 0.2) is 0 Å². The van der Waals surface area contributed by atoms with Crippen LogP contribution in [-0.2, 0) is 0 Å². The molecule has 26 nitrogen and oxygen atoms in total. The fourth-order valence-electron chi connectivity index (χ4n) is 12.7. The summed E-state index contributed by atoms with van der Waals surface area (Å²) in [6, 6.07) is 29.6. The van der Waals surface area contributed by atoms with Crippen LogP contribution >= 0.6 is 0 Å². The van der Waals surface area contributed by atoms with Crippen molar-refractivity contribution >= 4 is 0 Å². The van der Waals surface area contributed by atoms with E-state index in [0.29, 0.717) is 89.0 Å². The molecule has 0 radical (unpaired) electrons. The number of phenolic OH excluding ortho intramolecular Hbond substituents is 16. The lowest BCUT2D eigenvalue weighted by atomic mass is 9.81. The first-order chi connectivity index (χ1) is 49.2. The Kier molecular flexibility index (Phi) is 29.7. The summed E-state index contributed by atoms with van der Waals surface area (Å²) in [6.07, 6.45) is 9.90. The molecule has 0 unspecified atom stereocenters. The lowest BCUT2D eigenvalue weighted by molar-refractivity contribution is 0.425. The van der Waals surface area contributed by atoms with Gasteiger partial charge in [-0.1, -0.05) is 55.4 Å². The number of phenols is 16. The highest BCUT2D eigenvalue weighted by Gasteiger charge is 2.32. The molecule has 0 aliphatic heterocycles. The van der Waals surface area contributed by atoms with Gasteiger partial charge in [0.05, 0.1) is 24.3 Å². The number of hydrogen-bond acceptors (Lipinski definition) is 24. The third-order valence-corrected chi connectivity index (χ3v) is 18.3. The molecule has 0 fully saturated rings. The monoisotopic (exact) mass is 1450 g/mol. The molecule has 10 aromatic rings. The average Bonchev–Trinajstić information content (AvgIpc) is 0.765. The Morgan fingerprint density at radius 2 is 0.292 bits per heavy atom. The van der Waals surface area contributed by atoms with E-state index < -0.39 is 47.3 Å².